The van der Waals surface area contributed by atoms with Gasteiger partial charge in [-0.3, -0.25) is 0 Å². The molecule has 3 heteroatoms. The fraction of sp³-hybridized carbons (Fsp3) is 0.647. The van der Waals surface area contributed by atoms with Crippen LogP contribution in [-0.2, 0) is 6.54 Å². The zero-order valence-corrected chi connectivity index (χ0v) is 13.4. The van der Waals surface area contributed by atoms with Gasteiger partial charge in [0.05, 0.1) is 0 Å². The van der Waals surface area contributed by atoms with E-state index in [0.29, 0.717) is 12.1 Å². The van der Waals surface area contributed by atoms with Crippen LogP contribution in [0, 0.1) is 0 Å². The van der Waals surface area contributed by atoms with Crippen LogP contribution in [0.5, 0.6) is 0 Å². The van der Waals surface area contributed by atoms with Crippen LogP contribution in [0.15, 0.2) is 24.3 Å². The third-order valence-electron chi connectivity index (χ3n) is 4.16. The van der Waals surface area contributed by atoms with Crippen molar-refractivity contribution >= 4 is 5.69 Å². The maximum atomic E-state index is 3.54. The van der Waals surface area contributed by atoms with E-state index in [1.54, 1.807) is 0 Å². The van der Waals surface area contributed by atoms with E-state index in [-0.39, 0.29) is 0 Å². The minimum Gasteiger partial charge on any atom is -0.370 e. The van der Waals surface area contributed by atoms with Crippen LogP contribution in [0.2, 0.25) is 0 Å². The molecule has 1 saturated heterocycles. The first kappa shape index (κ1) is 15.3. The average molecular weight is 275 g/mol. The molecule has 1 aliphatic rings. The third-order valence-corrected chi connectivity index (χ3v) is 4.16. The van der Waals surface area contributed by atoms with E-state index < -0.39 is 0 Å². The molecule has 0 bridgehead atoms. The van der Waals surface area contributed by atoms with Gasteiger partial charge >= 0.3 is 0 Å². The van der Waals surface area contributed by atoms with E-state index in [1.807, 2.05) is 0 Å². The van der Waals surface area contributed by atoms with Gasteiger partial charge in [0.2, 0.25) is 0 Å². The summed E-state index contributed by atoms with van der Waals surface area (Å²) in [5, 5.41) is 3.54. The van der Waals surface area contributed by atoms with Crippen molar-refractivity contribution < 1.29 is 0 Å². The lowest BCUT2D eigenvalue weighted by Gasteiger charge is -2.38. The number of rotatable bonds is 5. The summed E-state index contributed by atoms with van der Waals surface area (Å²) in [5.74, 6) is 0. The standard InChI is InChI=1S/C17H29N3/c1-14(2)18-12-15-8-5-6-10-17(15)20-11-7-9-16(13-20)19(3)4/h5-6,8,10,14,16,18H,7,9,11-13H2,1-4H3. The fourth-order valence-electron chi connectivity index (χ4n) is 2.88. The van der Waals surface area contributed by atoms with Crippen molar-refractivity contribution in [2.24, 2.45) is 0 Å². The summed E-state index contributed by atoms with van der Waals surface area (Å²) < 4.78 is 0. The molecule has 0 spiro atoms. The van der Waals surface area contributed by atoms with E-state index in [2.05, 4.69) is 67.3 Å². The Balaban J connectivity index is 2.10. The van der Waals surface area contributed by atoms with Crippen LogP contribution < -0.4 is 10.2 Å². The molecule has 1 aromatic rings. The van der Waals surface area contributed by atoms with Gasteiger partial charge in [-0.05, 0) is 38.6 Å². The molecule has 0 amide bonds. The maximum absolute atomic E-state index is 3.54. The molecule has 1 fully saturated rings. The summed E-state index contributed by atoms with van der Waals surface area (Å²) in [5.41, 5.74) is 2.83. The Hall–Kier alpha value is -1.06. The Bertz CT molecular complexity index is 414. The number of benzene rings is 1. The van der Waals surface area contributed by atoms with Crippen molar-refractivity contribution in [1.82, 2.24) is 10.2 Å². The van der Waals surface area contributed by atoms with Crippen molar-refractivity contribution in [2.45, 2.75) is 45.3 Å². The molecule has 1 aromatic carbocycles. The van der Waals surface area contributed by atoms with E-state index in [1.165, 1.54) is 30.6 Å². The molecule has 20 heavy (non-hydrogen) atoms. The molecule has 0 aromatic heterocycles. The Morgan fingerprint density at radius 2 is 2.05 bits per heavy atom. The van der Waals surface area contributed by atoms with Gasteiger partial charge in [0.25, 0.3) is 0 Å². The summed E-state index contributed by atoms with van der Waals surface area (Å²) >= 11 is 0. The first-order valence-electron chi connectivity index (χ1n) is 7.80. The normalized spacial score (nSPS) is 19.9. The lowest BCUT2D eigenvalue weighted by molar-refractivity contribution is 0.258. The second kappa shape index (κ2) is 7.09. The molecule has 0 saturated carbocycles. The monoisotopic (exact) mass is 275 g/mol. The molecule has 1 N–H and O–H groups in total. The molecular formula is C17H29N3. The van der Waals surface area contributed by atoms with Crippen LogP contribution >= 0.6 is 0 Å². The lowest BCUT2D eigenvalue weighted by Crippen LogP contribution is -2.45. The highest BCUT2D eigenvalue weighted by Crippen LogP contribution is 2.25. The van der Waals surface area contributed by atoms with Gasteiger partial charge in [-0.15, -0.1) is 0 Å². The zero-order valence-electron chi connectivity index (χ0n) is 13.4. The molecule has 1 aliphatic heterocycles. The number of hydrogen-bond acceptors (Lipinski definition) is 3. The second-order valence-corrected chi connectivity index (χ2v) is 6.37. The number of nitrogens with one attached hydrogen (secondary N) is 1. The first-order valence-corrected chi connectivity index (χ1v) is 7.80. The Kier molecular flexibility index (Phi) is 5.44. The summed E-state index contributed by atoms with van der Waals surface area (Å²) in [4.78, 5) is 4.92. The molecule has 0 aliphatic carbocycles. The van der Waals surface area contributed by atoms with E-state index >= 15 is 0 Å². The minimum atomic E-state index is 0.527. The lowest BCUT2D eigenvalue weighted by atomic mass is 10.0. The van der Waals surface area contributed by atoms with Gasteiger partial charge in [0, 0.05) is 37.4 Å². The Morgan fingerprint density at radius 3 is 2.75 bits per heavy atom. The topological polar surface area (TPSA) is 18.5 Å². The molecule has 112 valence electrons. The molecule has 0 radical (unpaired) electrons. The fourth-order valence-corrected chi connectivity index (χ4v) is 2.88. The Labute approximate surface area is 124 Å². The molecule has 1 heterocycles. The predicted octanol–water partition coefficient (Wildman–Crippen LogP) is 2.72. The van der Waals surface area contributed by atoms with Crippen molar-refractivity contribution in [2.75, 3.05) is 32.1 Å². The zero-order chi connectivity index (χ0) is 14.5. The van der Waals surface area contributed by atoms with E-state index in [9.17, 15) is 0 Å². The summed E-state index contributed by atoms with van der Waals surface area (Å²) in [6.07, 6.45) is 2.60. The average Bonchev–Trinajstić information content (AvgIpc) is 2.45. The van der Waals surface area contributed by atoms with Crippen LogP contribution in [0.1, 0.15) is 32.3 Å². The smallest absolute Gasteiger partial charge is 0.0412 e. The van der Waals surface area contributed by atoms with Crippen LogP contribution in [0.4, 0.5) is 5.69 Å². The number of hydrogen-bond donors (Lipinski definition) is 1. The highest BCUT2D eigenvalue weighted by molar-refractivity contribution is 5.54. The van der Waals surface area contributed by atoms with Crippen molar-refractivity contribution in [3.63, 3.8) is 0 Å². The molecule has 1 unspecified atom stereocenters. The van der Waals surface area contributed by atoms with Gasteiger partial charge in [-0.2, -0.15) is 0 Å². The first-order chi connectivity index (χ1) is 9.58. The molecule has 3 nitrogen and oxygen atoms in total. The van der Waals surface area contributed by atoms with Gasteiger partial charge in [0.1, 0.15) is 0 Å². The molecule has 1 atom stereocenters. The number of anilines is 1. The van der Waals surface area contributed by atoms with E-state index in [4.69, 9.17) is 0 Å². The van der Waals surface area contributed by atoms with Crippen molar-refractivity contribution in [3.8, 4) is 0 Å². The van der Waals surface area contributed by atoms with Gasteiger partial charge in [0.15, 0.2) is 0 Å². The molecule has 2 rings (SSSR count). The highest BCUT2D eigenvalue weighted by Gasteiger charge is 2.22. The van der Waals surface area contributed by atoms with Crippen LogP contribution in [0.3, 0.4) is 0 Å². The largest absolute Gasteiger partial charge is 0.370 e. The van der Waals surface area contributed by atoms with Crippen molar-refractivity contribution in [1.29, 1.82) is 0 Å². The summed E-state index contributed by atoms with van der Waals surface area (Å²) in [6, 6.07) is 10.0. The van der Waals surface area contributed by atoms with Crippen LogP contribution in [-0.4, -0.2) is 44.2 Å². The SMILES string of the molecule is CC(C)NCc1ccccc1N1CCCC(N(C)C)C1. The highest BCUT2D eigenvalue weighted by atomic mass is 15.2. The number of likely N-dealkylation sites (N-methyl/N-ethyl adjacent to an activating group) is 1. The van der Waals surface area contributed by atoms with Crippen LogP contribution in [0.25, 0.3) is 0 Å². The van der Waals surface area contributed by atoms with E-state index in [0.717, 1.165) is 13.1 Å². The summed E-state index contributed by atoms with van der Waals surface area (Å²) in [6.45, 7) is 7.68. The maximum Gasteiger partial charge on any atom is 0.0412 e. The van der Waals surface area contributed by atoms with Gasteiger partial charge < -0.3 is 15.1 Å². The second-order valence-electron chi connectivity index (χ2n) is 6.37. The predicted molar refractivity (Wildman–Crippen MR) is 87.3 cm³/mol. The molecular weight excluding hydrogens is 246 g/mol. The van der Waals surface area contributed by atoms with Crippen molar-refractivity contribution in [3.05, 3.63) is 29.8 Å². The third kappa shape index (κ3) is 3.97. The minimum absolute atomic E-state index is 0.527. The number of piperidine rings is 1. The quantitative estimate of drug-likeness (QED) is 0.891. The van der Waals surface area contributed by atoms with Gasteiger partial charge in [-0.25, -0.2) is 0 Å². The summed E-state index contributed by atoms with van der Waals surface area (Å²) in [7, 11) is 4.39. The van der Waals surface area contributed by atoms with Gasteiger partial charge in [-0.1, -0.05) is 32.0 Å². The number of nitrogens with zero attached hydrogens (tertiary/aromatic N) is 2. The Morgan fingerprint density at radius 1 is 1.30 bits per heavy atom. The number of para-hydroxylation sites is 1.